The van der Waals surface area contributed by atoms with Crippen molar-refractivity contribution in [2.45, 2.75) is 25.9 Å². The molecule has 0 bridgehead atoms. The van der Waals surface area contributed by atoms with Crippen molar-refractivity contribution in [3.8, 4) is 0 Å². The van der Waals surface area contributed by atoms with Gasteiger partial charge < -0.3 is 5.11 Å². The molecule has 0 aliphatic carbocycles. The highest BCUT2D eigenvalue weighted by atomic mass is 32.1. The van der Waals surface area contributed by atoms with Gasteiger partial charge in [0.2, 0.25) is 0 Å². The van der Waals surface area contributed by atoms with Crippen LogP contribution in [0.4, 0.5) is 4.39 Å². The first-order chi connectivity index (χ1) is 9.97. The number of likely N-dealkylation sites (N-methyl/N-ethyl adjacent to an activating group) is 1. The number of halogens is 1. The molecular formula is C16H18FNO2S. The van der Waals surface area contributed by atoms with E-state index < -0.39 is 11.8 Å². The summed E-state index contributed by atoms with van der Waals surface area (Å²) in [5.41, 5.74) is 0.529. The Morgan fingerprint density at radius 3 is 2.81 bits per heavy atom. The lowest BCUT2D eigenvalue weighted by Gasteiger charge is -2.24. The summed E-state index contributed by atoms with van der Waals surface area (Å²) in [5, 5.41) is 11.0. The van der Waals surface area contributed by atoms with Crippen LogP contribution >= 0.6 is 11.3 Å². The summed E-state index contributed by atoms with van der Waals surface area (Å²) in [4.78, 5) is 14.4. The number of hydrogen-bond acceptors (Lipinski definition) is 3. The van der Waals surface area contributed by atoms with Gasteiger partial charge in [0.25, 0.3) is 0 Å². The van der Waals surface area contributed by atoms with Crippen LogP contribution in [-0.4, -0.2) is 29.1 Å². The van der Waals surface area contributed by atoms with E-state index in [9.17, 15) is 9.18 Å². The maximum absolute atomic E-state index is 13.4. The van der Waals surface area contributed by atoms with E-state index >= 15 is 0 Å². The summed E-state index contributed by atoms with van der Waals surface area (Å²) in [6, 6.07) is 8.72. The first kappa shape index (κ1) is 15.7. The highest BCUT2D eigenvalue weighted by Gasteiger charge is 2.14. The second kappa shape index (κ2) is 6.83. The molecule has 0 radical (unpaired) electrons. The molecule has 1 aromatic heterocycles. The van der Waals surface area contributed by atoms with Crippen LogP contribution < -0.4 is 0 Å². The Labute approximate surface area is 127 Å². The van der Waals surface area contributed by atoms with Crippen LogP contribution in [0.2, 0.25) is 0 Å². The van der Waals surface area contributed by atoms with E-state index in [2.05, 4.69) is 23.3 Å². The minimum absolute atomic E-state index is 0.271. The minimum Gasteiger partial charge on any atom is -0.478 e. The van der Waals surface area contributed by atoms with Crippen LogP contribution in [0.1, 0.15) is 27.7 Å². The number of carboxylic acids is 1. The molecule has 5 heteroatoms. The first-order valence-electron chi connectivity index (χ1n) is 6.71. The standard InChI is InChI=1S/C16H18FNO2S/c1-11(8-13-4-3-7-21-13)18(2)10-12-5-6-15(17)14(9-12)16(19)20/h3-7,9,11H,8,10H2,1-2H3,(H,19,20). The van der Waals surface area contributed by atoms with Gasteiger partial charge in [-0.2, -0.15) is 0 Å². The second-order valence-electron chi connectivity index (χ2n) is 5.17. The van der Waals surface area contributed by atoms with Gasteiger partial charge in [-0.15, -0.1) is 11.3 Å². The van der Waals surface area contributed by atoms with Crippen molar-refractivity contribution in [1.29, 1.82) is 0 Å². The number of hydrogen-bond donors (Lipinski definition) is 1. The number of rotatable bonds is 6. The zero-order chi connectivity index (χ0) is 15.4. The molecular weight excluding hydrogens is 289 g/mol. The fraction of sp³-hybridized carbons (Fsp3) is 0.312. The van der Waals surface area contributed by atoms with Crippen LogP contribution in [0, 0.1) is 5.82 Å². The third-order valence-corrected chi connectivity index (χ3v) is 4.42. The van der Waals surface area contributed by atoms with E-state index in [1.165, 1.54) is 17.0 Å². The molecule has 21 heavy (non-hydrogen) atoms. The van der Waals surface area contributed by atoms with Crippen LogP contribution in [0.3, 0.4) is 0 Å². The molecule has 0 aliphatic rings. The average Bonchev–Trinajstić information content (AvgIpc) is 2.93. The van der Waals surface area contributed by atoms with E-state index in [1.807, 2.05) is 13.1 Å². The summed E-state index contributed by atoms with van der Waals surface area (Å²) in [6.45, 7) is 2.72. The lowest BCUT2D eigenvalue weighted by Crippen LogP contribution is -2.30. The molecule has 0 spiro atoms. The van der Waals surface area contributed by atoms with Gasteiger partial charge in [-0.25, -0.2) is 9.18 Å². The van der Waals surface area contributed by atoms with Gasteiger partial charge in [-0.1, -0.05) is 12.1 Å². The van der Waals surface area contributed by atoms with E-state index in [1.54, 1.807) is 17.4 Å². The van der Waals surface area contributed by atoms with Gasteiger partial charge in [0.15, 0.2) is 0 Å². The van der Waals surface area contributed by atoms with Crippen LogP contribution in [0.15, 0.2) is 35.7 Å². The Morgan fingerprint density at radius 2 is 2.19 bits per heavy atom. The molecule has 1 aromatic carbocycles. The van der Waals surface area contributed by atoms with Crippen LogP contribution in [-0.2, 0) is 13.0 Å². The smallest absolute Gasteiger partial charge is 0.338 e. The molecule has 1 unspecified atom stereocenters. The Bertz CT molecular complexity index is 613. The van der Waals surface area contributed by atoms with E-state index in [-0.39, 0.29) is 5.56 Å². The second-order valence-corrected chi connectivity index (χ2v) is 6.20. The maximum atomic E-state index is 13.4. The summed E-state index contributed by atoms with van der Waals surface area (Å²) in [7, 11) is 1.99. The van der Waals surface area contributed by atoms with Gasteiger partial charge >= 0.3 is 5.97 Å². The zero-order valence-corrected chi connectivity index (χ0v) is 12.9. The normalized spacial score (nSPS) is 12.6. The van der Waals surface area contributed by atoms with E-state index in [0.717, 1.165) is 12.0 Å². The largest absolute Gasteiger partial charge is 0.478 e. The molecule has 1 N–H and O–H groups in total. The third kappa shape index (κ3) is 4.12. The zero-order valence-electron chi connectivity index (χ0n) is 12.0. The topological polar surface area (TPSA) is 40.5 Å². The number of benzene rings is 1. The number of carbonyl (C=O) groups is 1. The Kier molecular flexibility index (Phi) is 5.09. The van der Waals surface area contributed by atoms with E-state index in [0.29, 0.717) is 12.6 Å². The van der Waals surface area contributed by atoms with Crippen molar-refractivity contribution < 1.29 is 14.3 Å². The van der Waals surface area contributed by atoms with Crippen molar-refractivity contribution in [3.05, 3.63) is 57.5 Å². The fourth-order valence-electron chi connectivity index (χ4n) is 2.15. The lowest BCUT2D eigenvalue weighted by molar-refractivity contribution is 0.0691. The van der Waals surface area contributed by atoms with Crippen LogP contribution in [0.25, 0.3) is 0 Å². The number of nitrogens with zero attached hydrogens (tertiary/aromatic N) is 1. The highest BCUT2D eigenvalue weighted by Crippen LogP contribution is 2.17. The summed E-state index contributed by atoms with van der Waals surface area (Å²) in [5.74, 6) is -1.93. The van der Waals surface area contributed by atoms with Gasteiger partial charge in [0.05, 0.1) is 5.56 Å². The molecule has 0 fully saturated rings. The van der Waals surface area contributed by atoms with Crippen molar-refractivity contribution in [2.75, 3.05) is 7.05 Å². The van der Waals surface area contributed by atoms with Gasteiger partial charge in [0, 0.05) is 17.5 Å². The Balaban J connectivity index is 2.03. The van der Waals surface area contributed by atoms with Crippen molar-refractivity contribution in [3.63, 3.8) is 0 Å². The van der Waals surface area contributed by atoms with Gasteiger partial charge in [-0.3, -0.25) is 4.90 Å². The molecule has 0 saturated heterocycles. The summed E-state index contributed by atoms with van der Waals surface area (Å²) in [6.07, 6.45) is 0.946. The quantitative estimate of drug-likeness (QED) is 0.885. The Morgan fingerprint density at radius 1 is 1.43 bits per heavy atom. The molecule has 1 atom stereocenters. The van der Waals surface area contributed by atoms with Gasteiger partial charge in [0.1, 0.15) is 5.82 Å². The molecule has 0 saturated carbocycles. The molecule has 2 rings (SSSR count). The van der Waals surface area contributed by atoms with Crippen molar-refractivity contribution in [1.82, 2.24) is 4.90 Å². The predicted octanol–water partition coefficient (Wildman–Crippen LogP) is 3.65. The number of aromatic carboxylic acids is 1. The predicted molar refractivity (Wildman–Crippen MR) is 82.3 cm³/mol. The lowest BCUT2D eigenvalue weighted by atomic mass is 10.1. The number of carboxylic acid groups (broad SMARTS) is 1. The third-order valence-electron chi connectivity index (χ3n) is 3.52. The monoisotopic (exact) mass is 307 g/mol. The van der Waals surface area contributed by atoms with Crippen molar-refractivity contribution >= 4 is 17.3 Å². The van der Waals surface area contributed by atoms with Gasteiger partial charge in [-0.05, 0) is 49.5 Å². The molecule has 1 heterocycles. The molecule has 0 aliphatic heterocycles. The van der Waals surface area contributed by atoms with E-state index in [4.69, 9.17) is 5.11 Å². The average molecular weight is 307 g/mol. The van der Waals surface area contributed by atoms with Crippen molar-refractivity contribution in [2.24, 2.45) is 0 Å². The SMILES string of the molecule is CC(Cc1cccs1)N(C)Cc1ccc(F)c(C(=O)O)c1. The van der Waals surface area contributed by atoms with Crippen LogP contribution in [0.5, 0.6) is 0 Å². The maximum Gasteiger partial charge on any atom is 0.338 e. The molecule has 3 nitrogen and oxygen atoms in total. The highest BCUT2D eigenvalue weighted by molar-refractivity contribution is 7.09. The minimum atomic E-state index is -1.23. The molecule has 2 aromatic rings. The fourth-order valence-corrected chi connectivity index (χ4v) is 2.98. The molecule has 112 valence electrons. The number of thiophene rings is 1. The molecule has 0 amide bonds. The summed E-state index contributed by atoms with van der Waals surface area (Å²) >= 11 is 1.73. The summed E-state index contributed by atoms with van der Waals surface area (Å²) < 4.78 is 13.4. The Hall–Kier alpha value is -1.72. The first-order valence-corrected chi connectivity index (χ1v) is 7.59.